The van der Waals surface area contributed by atoms with E-state index in [-0.39, 0.29) is 5.41 Å². The van der Waals surface area contributed by atoms with E-state index in [1.54, 1.807) is 0 Å². The molecule has 2 heteroatoms. The normalized spacial score (nSPS) is 12.1. The van der Waals surface area contributed by atoms with Crippen molar-refractivity contribution < 1.29 is 0 Å². The molecule has 0 amide bonds. The fraction of sp³-hybridized carbons (Fsp3) is 0.314. The first-order chi connectivity index (χ1) is 18.0. The van der Waals surface area contributed by atoms with Crippen molar-refractivity contribution in [2.24, 2.45) is 17.3 Å². The Labute approximate surface area is 228 Å². The van der Waals surface area contributed by atoms with Crippen molar-refractivity contribution in [1.29, 1.82) is 0 Å². The van der Waals surface area contributed by atoms with Crippen molar-refractivity contribution in [2.45, 2.75) is 40.5 Å². The Morgan fingerprint density at radius 1 is 0.432 bits per heavy atom. The Balaban J connectivity index is 1.83. The fourth-order valence-electron chi connectivity index (χ4n) is 5.89. The number of benzene rings is 4. The maximum absolute atomic E-state index is 2.43. The molecular formula is C35H42P2. The molecular weight excluding hydrogens is 482 g/mol. The first-order valence-corrected chi connectivity index (χ1v) is 16.8. The van der Waals surface area contributed by atoms with Gasteiger partial charge in [-0.3, -0.25) is 0 Å². The summed E-state index contributed by atoms with van der Waals surface area (Å²) in [6.45, 7) is 9.71. The minimum atomic E-state index is -0.458. The highest BCUT2D eigenvalue weighted by Gasteiger charge is 2.38. The van der Waals surface area contributed by atoms with Crippen LogP contribution in [0.25, 0.3) is 0 Å². The van der Waals surface area contributed by atoms with E-state index in [0.717, 1.165) is 0 Å². The largest absolute Gasteiger partial charge is 0.0628 e. The summed E-state index contributed by atoms with van der Waals surface area (Å²) < 4.78 is 0. The summed E-state index contributed by atoms with van der Waals surface area (Å²) in [5, 5.41) is 6.02. The van der Waals surface area contributed by atoms with Crippen molar-refractivity contribution in [3.05, 3.63) is 121 Å². The zero-order valence-electron chi connectivity index (χ0n) is 22.9. The first-order valence-electron chi connectivity index (χ1n) is 13.7. The lowest BCUT2D eigenvalue weighted by molar-refractivity contribution is 0.244. The van der Waals surface area contributed by atoms with Crippen molar-refractivity contribution in [1.82, 2.24) is 0 Å². The van der Waals surface area contributed by atoms with E-state index in [0.29, 0.717) is 11.8 Å². The van der Waals surface area contributed by atoms with Gasteiger partial charge in [0.15, 0.2) is 0 Å². The molecule has 0 saturated carbocycles. The molecule has 0 atom stereocenters. The maximum Gasteiger partial charge on any atom is -0.0185 e. The van der Waals surface area contributed by atoms with Gasteiger partial charge in [-0.15, -0.1) is 0 Å². The van der Waals surface area contributed by atoms with Crippen LogP contribution in [0.5, 0.6) is 0 Å². The summed E-state index contributed by atoms with van der Waals surface area (Å²) in [4.78, 5) is 0. The smallest absolute Gasteiger partial charge is 0.0185 e. The molecule has 4 aromatic carbocycles. The van der Waals surface area contributed by atoms with Gasteiger partial charge in [0, 0.05) is 0 Å². The zero-order chi connectivity index (χ0) is 26.1. The van der Waals surface area contributed by atoms with Crippen molar-refractivity contribution in [2.75, 3.05) is 12.3 Å². The Hall–Kier alpha value is -2.26. The Kier molecular flexibility index (Phi) is 10.1. The molecule has 37 heavy (non-hydrogen) atoms. The number of hydrogen-bond donors (Lipinski definition) is 0. The molecule has 0 bridgehead atoms. The van der Waals surface area contributed by atoms with Gasteiger partial charge >= 0.3 is 0 Å². The molecule has 4 aromatic rings. The lowest BCUT2D eigenvalue weighted by Gasteiger charge is -2.43. The van der Waals surface area contributed by atoms with Gasteiger partial charge in [-0.05, 0) is 79.5 Å². The topological polar surface area (TPSA) is 0 Å². The predicted molar refractivity (Wildman–Crippen MR) is 169 cm³/mol. The van der Waals surface area contributed by atoms with E-state index in [4.69, 9.17) is 0 Å². The summed E-state index contributed by atoms with van der Waals surface area (Å²) >= 11 is 0. The van der Waals surface area contributed by atoms with Crippen LogP contribution in [0.3, 0.4) is 0 Å². The molecule has 0 N–H and O–H groups in total. The first kappa shape index (κ1) is 27.8. The van der Waals surface area contributed by atoms with Crippen molar-refractivity contribution in [3.8, 4) is 0 Å². The number of rotatable bonds is 12. The maximum atomic E-state index is 2.43. The van der Waals surface area contributed by atoms with Gasteiger partial charge in [0.25, 0.3) is 0 Å². The molecule has 0 nitrogen and oxygen atoms in total. The third kappa shape index (κ3) is 7.87. The second-order valence-electron chi connectivity index (χ2n) is 11.2. The Morgan fingerprint density at radius 3 is 0.892 bits per heavy atom. The highest BCUT2D eigenvalue weighted by molar-refractivity contribution is 7.74. The van der Waals surface area contributed by atoms with E-state index in [9.17, 15) is 0 Å². The fourth-order valence-corrected chi connectivity index (χ4v) is 11.6. The summed E-state index contributed by atoms with van der Waals surface area (Å²) in [6.07, 6.45) is 5.01. The van der Waals surface area contributed by atoms with E-state index in [1.807, 2.05) is 0 Å². The molecule has 0 aliphatic carbocycles. The van der Waals surface area contributed by atoms with Crippen molar-refractivity contribution in [3.63, 3.8) is 0 Å². The average molecular weight is 525 g/mol. The second kappa shape index (κ2) is 13.5. The molecule has 0 aliphatic heterocycles. The molecule has 0 aromatic heterocycles. The lowest BCUT2D eigenvalue weighted by atomic mass is 9.77. The van der Waals surface area contributed by atoms with Gasteiger partial charge in [-0.2, -0.15) is 0 Å². The molecule has 0 heterocycles. The van der Waals surface area contributed by atoms with Gasteiger partial charge < -0.3 is 0 Å². The Morgan fingerprint density at radius 2 is 0.676 bits per heavy atom. The summed E-state index contributed by atoms with van der Waals surface area (Å²) in [5.74, 6) is 1.32. The van der Waals surface area contributed by atoms with E-state index in [1.165, 1.54) is 46.4 Å². The third-order valence-corrected chi connectivity index (χ3v) is 12.6. The molecule has 0 aliphatic rings. The Bertz CT molecular complexity index is 995. The molecule has 4 rings (SSSR count). The van der Waals surface area contributed by atoms with Crippen LogP contribution < -0.4 is 21.2 Å². The summed E-state index contributed by atoms with van der Waals surface area (Å²) in [6, 6.07) is 45.3. The standard InChI is InChI=1S/C35H42P2/c1-29(2)25-35(26-30(3)4,27-36(31-17-9-5-10-18-31)32-19-11-6-12-20-32)28-37(33-21-13-7-14-22-33)34-23-15-8-16-24-34/h5-24,29-30H,25-28H2,1-4H3. The van der Waals surface area contributed by atoms with E-state index >= 15 is 0 Å². The van der Waals surface area contributed by atoms with Crippen LogP contribution in [0.4, 0.5) is 0 Å². The van der Waals surface area contributed by atoms with Crippen LogP contribution in [0.1, 0.15) is 40.5 Å². The van der Waals surface area contributed by atoms with Gasteiger partial charge in [0.2, 0.25) is 0 Å². The van der Waals surface area contributed by atoms with Gasteiger partial charge in [-0.1, -0.05) is 149 Å². The van der Waals surface area contributed by atoms with Crippen LogP contribution in [-0.4, -0.2) is 12.3 Å². The van der Waals surface area contributed by atoms with Crippen molar-refractivity contribution >= 4 is 37.1 Å². The van der Waals surface area contributed by atoms with Crippen LogP contribution in [0, 0.1) is 17.3 Å². The minimum absolute atomic E-state index is 0.261. The summed E-state index contributed by atoms with van der Waals surface area (Å²) in [7, 11) is -0.916. The molecule has 0 saturated heterocycles. The molecule has 0 spiro atoms. The minimum Gasteiger partial charge on any atom is -0.0628 e. The number of hydrogen-bond acceptors (Lipinski definition) is 0. The van der Waals surface area contributed by atoms with E-state index in [2.05, 4.69) is 149 Å². The summed E-state index contributed by atoms with van der Waals surface area (Å²) in [5.41, 5.74) is 0.261. The monoisotopic (exact) mass is 524 g/mol. The predicted octanol–water partition coefficient (Wildman–Crippen LogP) is 8.33. The van der Waals surface area contributed by atoms with Crippen LogP contribution in [0.2, 0.25) is 0 Å². The average Bonchev–Trinajstić information content (AvgIpc) is 2.92. The molecule has 192 valence electrons. The molecule has 0 radical (unpaired) electrons. The van der Waals surface area contributed by atoms with Gasteiger partial charge in [-0.25, -0.2) is 0 Å². The highest BCUT2D eigenvalue weighted by atomic mass is 31.1. The van der Waals surface area contributed by atoms with Crippen LogP contribution in [0.15, 0.2) is 121 Å². The zero-order valence-corrected chi connectivity index (χ0v) is 24.7. The molecule has 0 unspecified atom stereocenters. The highest BCUT2D eigenvalue weighted by Crippen LogP contribution is 2.52. The van der Waals surface area contributed by atoms with Crippen LogP contribution in [-0.2, 0) is 0 Å². The van der Waals surface area contributed by atoms with E-state index < -0.39 is 15.8 Å². The van der Waals surface area contributed by atoms with Crippen LogP contribution >= 0.6 is 15.8 Å². The quantitative estimate of drug-likeness (QED) is 0.163. The third-order valence-electron chi connectivity index (χ3n) is 6.94. The van der Waals surface area contributed by atoms with Gasteiger partial charge in [0.1, 0.15) is 0 Å². The van der Waals surface area contributed by atoms with Gasteiger partial charge in [0.05, 0.1) is 0 Å². The second-order valence-corrected chi connectivity index (χ2v) is 15.6. The SMILES string of the molecule is CC(C)CC(CC(C)C)(CP(c1ccccc1)c1ccccc1)CP(c1ccccc1)c1ccccc1. The lowest BCUT2D eigenvalue weighted by Crippen LogP contribution is -2.37. The molecule has 0 fully saturated rings.